The van der Waals surface area contributed by atoms with Crippen molar-refractivity contribution in [3.63, 3.8) is 0 Å². The van der Waals surface area contributed by atoms with E-state index in [0.29, 0.717) is 10.9 Å². The summed E-state index contributed by atoms with van der Waals surface area (Å²) in [4.78, 5) is 0. The lowest BCUT2D eigenvalue weighted by molar-refractivity contribution is -0.0446. The van der Waals surface area contributed by atoms with Crippen LogP contribution in [0, 0.1) is 0 Å². The monoisotopic (exact) mass is 314 g/mol. The van der Waals surface area contributed by atoms with Crippen molar-refractivity contribution in [1.82, 2.24) is 0 Å². The van der Waals surface area contributed by atoms with Crippen molar-refractivity contribution < 1.29 is 9.47 Å². The van der Waals surface area contributed by atoms with Gasteiger partial charge in [-0.25, -0.2) is 0 Å². The summed E-state index contributed by atoms with van der Waals surface area (Å²) in [5.41, 5.74) is 2.62. The highest BCUT2D eigenvalue weighted by atomic mass is 35.5. The number of benzene rings is 2. The molecular weight excluding hydrogens is 296 g/mol. The first-order chi connectivity index (χ1) is 10.7. The van der Waals surface area contributed by atoms with E-state index in [9.17, 15) is 0 Å². The first-order valence-electron chi connectivity index (χ1n) is 7.54. The van der Waals surface area contributed by atoms with Gasteiger partial charge in [-0.2, -0.15) is 0 Å². The van der Waals surface area contributed by atoms with Crippen molar-refractivity contribution in [2.75, 3.05) is 0 Å². The Labute approximate surface area is 136 Å². The molecule has 22 heavy (non-hydrogen) atoms. The number of hydrogen-bond donors (Lipinski definition) is 0. The molecule has 0 saturated heterocycles. The summed E-state index contributed by atoms with van der Waals surface area (Å²) in [7, 11) is 0. The molecule has 1 aliphatic rings. The Kier molecular flexibility index (Phi) is 4.69. The van der Waals surface area contributed by atoms with E-state index in [2.05, 4.69) is 31.2 Å². The Hall–Kier alpha value is -1.93. The highest BCUT2D eigenvalue weighted by Crippen LogP contribution is 2.31. The van der Waals surface area contributed by atoms with E-state index in [1.54, 1.807) is 0 Å². The second-order valence-corrected chi connectivity index (χ2v) is 5.94. The molecule has 2 aromatic carbocycles. The molecule has 0 spiro atoms. The van der Waals surface area contributed by atoms with Crippen LogP contribution in [0.2, 0.25) is 5.02 Å². The van der Waals surface area contributed by atoms with Crippen molar-refractivity contribution in [3.05, 3.63) is 77.0 Å². The maximum absolute atomic E-state index is 5.87. The highest BCUT2D eigenvalue weighted by Gasteiger charge is 2.21. The van der Waals surface area contributed by atoms with E-state index >= 15 is 0 Å². The van der Waals surface area contributed by atoms with E-state index < -0.39 is 0 Å². The van der Waals surface area contributed by atoms with Crippen LogP contribution < -0.4 is 4.74 Å². The SMILES string of the molecule is CC(C1=COC(Oc2ccc(Cl)cc2)CC1)c1ccccc1. The van der Waals surface area contributed by atoms with Gasteiger partial charge in [0.1, 0.15) is 5.75 Å². The summed E-state index contributed by atoms with van der Waals surface area (Å²) in [6, 6.07) is 17.8. The van der Waals surface area contributed by atoms with Gasteiger partial charge in [0.25, 0.3) is 0 Å². The predicted molar refractivity (Wildman–Crippen MR) is 89.1 cm³/mol. The maximum Gasteiger partial charge on any atom is 0.240 e. The van der Waals surface area contributed by atoms with Crippen LogP contribution in [-0.4, -0.2) is 6.29 Å². The zero-order chi connectivity index (χ0) is 15.4. The van der Waals surface area contributed by atoms with Gasteiger partial charge in [0, 0.05) is 17.4 Å². The lowest BCUT2D eigenvalue weighted by Gasteiger charge is -2.26. The molecule has 2 nitrogen and oxygen atoms in total. The Morgan fingerprint density at radius 3 is 2.45 bits per heavy atom. The van der Waals surface area contributed by atoms with Crippen LogP contribution in [0.1, 0.15) is 31.2 Å². The van der Waals surface area contributed by atoms with Gasteiger partial charge in [-0.05, 0) is 41.8 Å². The molecule has 0 aliphatic carbocycles. The summed E-state index contributed by atoms with van der Waals surface area (Å²) in [5.74, 6) is 1.15. The minimum atomic E-state index is -0.229. The van der Waals surface area contributed by atoms with Gasteiger partial charge in [-0.3, -0.25) is 0 Å². The fraction of sp³-hybridized carbons (Fsp3) is 0.263. The molecule has 1 aliphatic heterocycles. The van der Waals surface area contributed by atoms with Crippen LogP contribution in [0.3, 0.4) is 0 Å². The summed E-state index contributed by atoms with van der Waals surface area (Å²) in [6.45, 7) is 2.21. The second kappa shape index (κ2) is 6.89. The molecule has 0 bridgehead atoms. The molecule has 0 radical (unpaired) electrons. The van der Waals surface area contributed by atoms with E-state index in [4.69, 9.17) is 21.1 Å². The summed E-state index contributed by atoms with van der Waals surface area (Å²) >= 11 is 5.87. The van der Waals surface area contributed by atoms with Crippen LogP contribution in [0.4, 0.5) is 0 Å². The van der Waals surface area contributed by atoms with Crippen LogP contribution in [0.25, 0.3) is 0 Å². The summed E-state index contributed by atoms with van der Waals surface area (Å²) < 4.78 is 11.6. The first kappa shape index (κ1) is 15.0. The molecule has 2 unspecified atom stereocenters. The fourth-order valence-electron chi connectivity index (χ4n) is 2.60. The number of ether oxygens (including phenoxy) is 2. The van der Waals surface area contributed by atoms with Gasteiger partial charge in [-0.15, -0.1) is 0 Å². The standard InChI is InChI=1S/C19H19ClO2/c1-14(15-5-3-2-4-6-15)16-7-12-19(21-13-16)22-18-10-8-17(20)9-11-18/h2-6,8-11,13-14,19H,7,12H2,1H3. The third kappa shape index (κ3) is 3.63. The Morgan fingerprint density at radius 1 is 1.09 bits per heavy atom. The molecule has 114 valence electrons. The third-order valence-corrected chi connectivity index (χ3v) is 4.23. The number of hydrogen-bond acceptors (Lipinski definition) is 2. The molecule has 3 heteroatoms. The quantitative estimate of drug-likeness (QED) is 0.737. The minimum Gasteiger partial charge on any atom is -0.463 e. The number of rotatable bonds is 4. The summed E-state index contributed by atoms with van der Waals surface area (Å²) in [5, 5.41) is 0.704. The topological polar surface area (TPSA) is 18.5 Å². The van der Waals surface area contributed by atoms with Gasteiger partial charge >= 0.3 is 0 Å². The smallest absolute Gasteiger partial charge is 0.240 e. The molecule has 3 rings (SSSR count). The van der Waals surface area contributed by atoms with E-state index in [-0.39, 0.29) is 6.29 Å². The molecule has 0 fully saturated rings. The van der Waals surface area contributed by atoms with Crippen LogP contribution in [0.15, 0.2) is 66.4 Å². The predicted octanol–water partition coefficient (Wildman–Crippen LogP) is 5.54. The zero-order valence-electron chi connectivity index (χ0n) is 12.5. The van der Waals surface area contributed by atoms with Crippen LogP contribution in [0.5, 0.6) is 5.75 Å². The van der Waals surface area contributed by atoms with Gasteiger partial charge < -0.3 is 9.47 Å². The molecular formula is C19H19ClO2. The minimum absolute atomic E-state index is 0.229. The third-order valence-electron chi connectivity index (χ3n) is 3.98. The molecule has 2 aromatic rings. The zero-order valence-corrected chi connectivity index (χ0v) is 13.3. The molecule has 0 amide bonds. The molecule has 0 saturated carbocycles. The van der Waals surface area contributed by atoms with E-state index in [1.165, 1.54) is 11.1 Å². The largest absolute Gasteiger partial charge is 0.463 e. The Bertz CT molecular complexity index is 634. The first-order valence-corrected chi connectivity index (χ1v) is 7.92. The summed E-state index contributed by atoms with van der Waals surface area (Å²) in [6.07, 6.45) is 3.47. The van der Waals surface area contributed by atoms with Crippen molar-refractivity contribution >= 4 is 11.6 Å². The number of allylic oxidation sites excluding steroid dienone is 1. The van der Waals surface area contributed by atoms with Crippen molar-refractivity contribution in [1.29, 1.82) is 0 Å². The average Bonchev–Trinajstić information content (AvgIpc) is 2.58. The van der Waals surface area contributed by atoms with Crippen LogP contribution in [-0.2, 0) is 4.74 Å². The molecule has 1 heterocycles. The lowest BCUT2D eigenvalue weighted by Crippen LogP contribution is -2.22. The van der Waals surface area contributed by atoms with Gasteiger partial charge in [0.15, 0.2) is 0 Å². The van der Waals surface area contributed by atoms with E-state index in [1.807, 2.05) is 36.6 Å². The van der Waals surface area contributed by atoms with E-state index in [0.717, 1.165) is 18.6 Å². The Balaban J connectivity index is 1.61. The fourth-order valence-corrected chi connectivity index (χ4v) is 2.73. The number of halogens is 1. The second-order valence-electron chi connectivity index (χ2n) is 5.50. The van der Waals surface area contributed by atoms with Crippen molar-refractivity contribution in [2.45, 2.75) is 32.0 Å². The average molecular weight is 315 g/mol. The maximum atomic E-state index is 5.87. The molecule has 0 N–H and O–H groups in total. The normalized spacial score (nSPS) is 19.0. The highest BCUT2D eigenvalue weighted by molar-refractivity contribution is 6.30. The van der Waals surface area contributed by atoms with Crippen LogP contribution >= 0.6 is 11.6 Å². The van der Waals surface area contributed by atoms with Crippen molar-refractivity contribution in [2.24, 2.45) is 0 Å². The molecule has 0 aromatic heterocycles. The van der Waals surface area contributed by atoms with Crippen molar-refractivity contribution in [3.8, 4) is 5.75 Å². The molecule has 2 atom stereocenters. The van der Waals surface area contributed by atoms with Gasteiger partial charge in [0.05, 0.1) is 6.26 Å². The Morgan fingerprint density at radius 2 is 1.82 bits per heavy atom. The van der Waals surface area contributed by atoms with Gasteiger partial charge in [-0.1, -0.05) is 48.9 Å². The lowest BCUT2D eigenvalue weighted by atomic mass is 9.90. The van der Waals surface area contributed by atoms with Gasteiger partial charge in [0.2, 0.25) is 6.29 Å².